The lowest BCUT2D eigenvalue weighted by Crippen LogP contribution is -2.16. The van der Waals surface area contributed by atoms with Crippen LogP contribution in [0.3, 0.4) is 0 Å². The number of benzene rings is 1. The summed E-state index contributed by atoms with van der Waals surface area (Å²) in [6.45, 7) is 4.21. The number of alkyl halides is 3. The van der Waals surface area contributed by atoms with E-state index in [9.17, 15) is 13.2 Å². The SMILES string of the molecule is CC(C)c1ccc(-c2ccc(OC(F)(F)F)cc2)s1. The van der Waals surface area contributed by atoms with E-state index in [2.05, 4.69) is 18.6 Å². The van der Waals surface area contributed by atoms with Gasteiger partial charge in [-0.15, -0.1) is 24.5 Å². The summed E-state index contributed by atoms with van der Waals surface area (Å²) in [4.78, 5) is 2.30. The van der Waals surface area contributed by atoms with Gasteiger partial charge in [0.15, 0.2) is 0 Å². The molecule has 1 heterocycles. The fraction of sp³-hybridized carbons (Fsp3) is 0.286. The molecule has 0 unspecified atom stereocenters. The molecule has 2 rings (SSSR count). The van der Waals surface area contributed by atoms with Gasteiger partial charge in [-0.2, -0.15) is 0 Å². The lowest BCUT2D eigenvalue weighted by atomic mass is 10.1. The molecule has 0 atom stereocenters. The van der Waals surface area contributed by atoms with Gasteiger partial charge < -0.3 is 4.74 Å². The van der Waals surface area contributed by atoms with E-state index in [-0.39, 0.29) is 5.75 Å². The molecule has 0 saturated heterocycles. The van der Waals surface area contributed by atoms with Crippen LogP contribution in [0, 0.1) is 0 Å². The van der Waals surface area contributed by atoms with Gasteiger partial charge in [0.1, 0.15) is 5.75 Å². The van der Waals surface area contributed by atoms with Gasteiger partial charge in [-0.1, -0.05) is 13.8 Å². The Hall–Kier alpha value is -1.49. The predicted octanol–water partition coefficient (Wildman–Crippen LogP) is 5.44. The number of rotatable bonds is 3. The molecule has 1 nitrogen and oxygen atoms in total. The minimum Gasteiger partial charge on any atom is -0.406 e. The number of halogens is 3. The van der Waals surface area contributed by atoms with Gasteiger partial charge in [0.05, 0.1) is 0 Å². The smallest absolute Gasteiger partial charge is 0.406 e. The molecule has 0 aliphatic rings. The van der Waals surface area contributed by atoms with Crippen LogP contribution in [0.4, 0.5) is 13.2 Å². The minimum atomic E-state index is -4.64. The zero-order valence-corrected chi connectivity index (χ0v) is 11.3. The van der Waals surface area contributed by atoms with Crippen molar-refractivity contribution in [3.05, 3.63) is 41.3 Å². The molecule has 0 radical (unpaired) electrons. The van der Waals surface area contributed by atoms with Crippen molar-refractivity contribution in [2.45, 2.75) is 26.1 Å². The van der Waals surface area contributed by atoms with Crippen LogP contribution >= 0.6 is 11.3 Å². The highest BCUT2D eigenvalue weighted by Gasteiger charge is 2.30. The second-order valence-corrected chi connectivity index (χ2v) is 5.54. The quantitative estimate of drug-likeness (QED) is 0.730. The minimum absolute atomic E-state index is 0.197. The monoisotopic (exact) mass is 286 g/mol. The molecule has 0 amide bonds. The van der Waals surface area contributed by atoms with E-state index < -0.39 is 6.36 Å². The first kappa shape index (κ1) is 13.9. The van der Waals surface area contributed by atoms with Gasteiger partial charge in [-0.25, -0.2) is 0 Å². The molecular weight excluding hydrogens is 273 g/mol. The van der Waals surface area contributed by atoms with E-state index >= 15 is 0 Å². The first-order valence-corrected chi connectivity index (χ1v) is 6.63. The van der Waals surface area contributed by atoms with E-state index in [4.69, 9.17) is 0 Å². The van der Waals surface area contributed by atoms with Crippen molar-refractivity contribution in [1.29, 1.82) is 0 Å². The summed E-state index contributed by atoms with van der Waals surface area (Å²) in [5.74, 6) is 0.253. The van der Waals surface area contributed by atoms with E-state index in [0.717, 1.165) is 10.4 Å². The van der Waals surface area contributed by atoms with Crippen LogP contribution in [-0.4, -0.2) is 6.36 Å². The second kappa shape index (κ2) is 5.25. The summed E-state index contributed by atoms with van der Waals surface area (Å²) in [7, 11) is 0. The van der Waals surface area contributed by atoms with Gasteiger partial charge >= 0.3 is 6.36 Å². The van der Waals surface area contributed by atoms with E-state index in [0.29, 0.717) is 5.92 Å². The Morgan fingerprint density at radius 2 is 1.63 bits per heavy atom. The van der Waals surface area contributed by atoms with Crippen molar-refractivity contribution >= 4 is 11.3 Å². The topological polar surface area (TPSA) is 9.23 Å². The summed E-state index contributed by atoms with van der Waals surface area (Å²) in [5, 5.41) is 0. The van der Waals surface area contributed by atoms with Crippen LogP contribution in [0.15, 0.2) is 36.4 Å². The van der Waals surface area contributed by atoms with Gasteiger partial charge in [-0.3, -0.25) is 0 Å². The highest BCUT2D eigenvalue weighted by molar-refractivity contribution is 7.15. The standard InChI is InChI=1S/C14H13F3OS/c1-9(2)12-7-8-13(19-12)10-3-5-11(6-4-10)18-14(15,16)17/h3-9H,1-2H3. The predicted molar refractivity (Wildman–Crippen MR) is 70.5 cm³/mol. The van der Waals surface area contributed by atoms with Crippen LogP contribution in [0.5, 0.6) is 5.75 Å². The van der Waals surface area contributed by atoms with Crippen LogP contribution in [0.25, 0.3) is 10.4 Å². The van der Waals surface area contributed by atoms with Crippen LogP contribution in [0.1, 0.15) is 24.6 Å². The number of ether oxygens (including phenoxy) is 1. The molecule has 0 aliphatic carbocycles. The first-order valence-electron chi connectivity index (χ1n) is 5.81. The fourth-order valence-electron chi connectivity index (χ4n) is 1.64. The summed E-state index contributed by atoms with van der Waals surface area (Å²) in [5.41, 5.74) is 0.895. The maximum atomic E-state index is 12.0. The second-order valence-electron chi connectivity index (χ2n) is 4.43. The third-order valence-corrected chi connectivity index (χ3v) is 4.00. The number of hydrogen-bond acceptors (Lipinski definition) is 2. The molecule has 0 aliphatic heterocycles. The van der Waals surface area contributed by atoms with Crippen molar-refractivity contribution in [3.63, 3.8) is 0 Å². The molecule has 0 saturated carbocycles. The summed E-state index contributed by atoms with van der Waals surface area (Å²) >= 11 is 1.65. The van der Waals surface area contributed by atoms with Crippen LogP contribution in [0.2, 0.25) is 0 Å². The molecule has 0 bridgehead atoms. The fourth-order valence-corrected chi connectivity index (χ4v) is 2.65. The van der Waals surface area contributed by atoms with Gasteiger partial charge in [0.2, 0.25) is 0 Å². The van der Waals surface area contributed by atoms with E-state index in [1.54, 1.807) is 23.5 Å². The molecule has 102 valence electrons. The molecule has 5 heteroatoms. The zero-order valence-electron chi connectivity index (χ0n) is 10.5. The Kier molecular flexibility index (Phi) is 3.85. The van der Waals surface area contributed by atoms with Crippen molar-refractivity contribution in [1.82, 2.24) is 0 Å². The van der Waals surface area contributed by atoms with Crippen molar-refractivity contribution in [3.8, 4) is 16.2 Å². The zero-order chi connectivity index (χ0) is 14.0. The average Bonchev–Trinajstić information content (AvgIpc) is 2.77. The van der Waals surface area contributed by atoms with Crippen molar-refractivity contribution in [2.75, 3.05) is 0 Å². The molecule has 1 aromatic carbocycles. The Bertz CT molecular complexity index is 541. The highest BCUT2D eigenvalue weighted by Crippen LogP contribution is 2.33. The third-order valence-electron chi connectivity index (χ3n) is 2.57. The van der Waals surface area contributed by atoms with Crippen molar-refractivity contribution < 1.29 is 17.9 Å². The highest BCUT2D eigenvalue weighted by atomic mass is 32.1. The maximum absolute atomic E-state index is 12.0. The Balaban J connectivity index is 2.17. The van der Waals surface area contributed by atoms with Crippen molar-refractivity contribution in [2.24, 2.45) is 0 Å². The lowest BCUT2D eigenvalue weighted by molar-refractivity contribution is -0.274. The third kappa shape index (κ3) is 3.73. The average molecular weight is 286 g/mol. The molecule has 0 N–H and O–H groups in total. The van der Waals surface area contributed by atoms with Crippen LogP contribution in [-0.2, 0) is 0 Å². The normalized spacial score (nSPS) is 11.9. The lowest BCUT2D eigenvalue weighted by Gasteiger charge is -2.08. The largest absolute Gasteiger partial charge is 0.573 e. The summed E-state index contributed by atoms with van der Waals surface area (Å²) < 4.78 is 39.9. The summed E-state index contributed by atoms with van der Waals surface area (Å²) in [6.07, 6.45) is -4.64. The molecule has 19 heavy (non-hydrogen) atoms. The number of hydrogen-bond donors (Lipinski definition) is 0. The van der Waals surface area contributed by atoms with Gasteiger partial charge in [0.25, 0.3) is 0 Å². The Labute approximate surface area is 113 Å². The van der Waals surface area contributed by atoms with E-state index in [1.807, 2.05) is 12.1 Å². The molecule has 0 fully saturated rings. The van der Waals surface area contributed by atoms with Crippen LogP contribution < -0.4 is 4.74 Å². The van der Waals surface area contributed by atoms with E-state index in [1.165, 1.54) is 17.0 Å². The summed E-state index contributed by atoms with van der Waals surface area (Å²) in [6, 6.07) is 9.97. The van der Waals surface area contributed by atoms with Gasteiger partial charge in [0, 0.05) is 9.75 Å². The number of thiophene rings is 1. The molecular formula is C14H13F3OS. The molecule has 2 aromatic rings. The Morgan fingerprint density at radius 1 is 1.00 bits per heavy atom. The molecule has 1 aromatic heterocycles. The molecule has 0 spiro atoms. The van der Waals surface area contributed by atoms with Gasteiger partial charge in [-0.05, 0) is 47.9 Å². The first-order chi connectivity index (χ1) is 8.85. The Morgan fingerprint density at radius 3 is 2.11 bits per heavy atom. The maximum Gasteiger partial charge on any atom is 0.573 e.